The van der Waals surface area contributed by atoms with Crippen LogP contribution >= 0.6 is 0 Å². The van der Waals surface area contributed by atoms with Crippen LogP contribution in [0.25, 0.3) is 5.65 Å². The standard InChI is InChI=1S/C23H22F3N5O/c24-23(25,26)19-13-31-20(6-3-7-21(31)30-19)28-14-8-10-15(11-9-14)29-22(32)17-12-27-18-5-2-1-4-16(17)18/h1-7,12-15,17,28H,8-11H2,(H,29,32). The summed E-state index contributed by atoms with van der Waals surface area (Å²) in [7, 11) is 0. The number of pyridine rings is 1. The Kier molecular flexibility index (Phi) is 5.11. The zero-order valence-electron chi connectivity index (χ0n) is 17.1. The highest BCUT2D eigenvalue weighted by atomic mass is 19.4. The van der Waals surface area contributed by atoms with Gasteiger partial charge in [-0.1, -0.05) is 24.3 Å². The van der Waals surface area contributed by atoms with Crippen LogP contribution in [-0.2, 0) is 11.0 Å². The summed E-state index contributed by atoms with van der Waals surface area (Å²) in [5.41, 5.74) is 1.10. The number of aliphatic imine (C=N–C) groups is 1. The molecule has 9 heteroatoms. The lowest BCUT2D eigenvalue weighted by molar-refractivity contribution is -0.140. The Morgan fingerprint density at radius 3 is 2.53 bits per heavy atom. The minimum atomic E-state index is -4.48. The summed E-state index contributed by atoms with van der Waals surface area (Å²) in [6, 6.07) is 12.8. The van der Waals surface area contributed by atoms with Crippen LogP contribution in [0.15, 0.2) is 53.7 Å². The Labute approximate surface area is 182 Å². The molecule has 1 unspecified atom stereocenters. The maximum absolute atomic E-state index is 13.0. The Balaban J connectivity index is 1.19. The van der Waals surface area contributed by atoms with Crippen molar-refractivity contribution in [3.63, 3.8) is 0 Å². The van der Waals surface area contributed by atoms with Crippen LogP contribution in [0.1, 0.15) is 42.9 Å². The number of anilines is 1. The van der Waals surface area contributed by atoms with Crippen molar-refractivity contribution < 1.29 is 18.0 Å². The number of alkyl halides is 3. The Morgan fingerprint density at radius 1 is 1.00 bits per heavy atom. The summed E-state index contributed by atoms with van der Waals surface area (Å²) < 4.78 is 40.5. The average Bonchev–Trinajstić information content (AvgIpc) is 3.40. The summed E-state index contributed by atoms with van der Waals surface area (Å²) in [5, 5.41) is 6.49. The molecule has 2 aromatic heterocycles. The first-order valence-electron chi connectivity index (χ1n) is 10.6. The Hall–Kier alpha value is -3.36. The normalized spacial score (nSPS) is 22.7. The number of carbonyl (C=O) groups excluding carboxylic acids is 1. The van der Waals surface area contributed by atoms with Crippen LogP contribution in [0.3, 0.4) is 0 Å². The minimum Gasteiger partial charge on any atom is -0.368 e. The Bertz CT molecular complexity index is 1180. The molecule has 2 N–H and O–H groups in total. The van der Waals surface area contributed by atoms with Crippen LogP contribution in [-0.4, -0.2) is 33.6 Å². The number of nitrogens with zero attached hydrogens (tertiary/aromatic N) is 3. The molecule has 32 heavy (non-hydrogen) atoms. The van der Waals surface area contributed by atoms with Gasteiger partial charge < -0.3 is 10.6 Å². The van der Waals surface area contributed by atoms with Gasteiger partial charge >= 0.3 is 6.18 Å². The number of hydrogen-bond acceptors (Lipinski definition) is 4. The summed E-state index contributed by atoms with van der Waals surface area (Å²) in [4.78, 5) is 20.8. The van der Waals surface area contributed by atoms with Crippen LogP contribution in [0.5, 0.6) is 0 Å². The molecular weight excluding hydrogens is 419 g/mol. The predicted octanol–water partition coefficient (Wildman–Crippen LogP) is 4.69. The smallest absolute Gasteiger partial charge is 0.368 e. The zero-order valence-corrected chi connectivity index (χ0v) is 17.1. The molecule has 0 saturated heterocycles. The summed E-state index contributed by atoms with van der Waals surface area (Å²) >= 11 is 0. The van der Waals surface area contributed by atoms with Gasteiger partial charge in [0.25, 0.3) is 0 Å². The van der Waals surface area contributed by atoms with Crippen LogP contribution in [0.2, 0.25) is 0 Å². The number of rotatable bonds is 4. The number of amides is 1. The second-order valence-electron chi connectivity index (χ2n) is 8.28. The number of nitrogens with one attached hydrogen (secondary N) is 2. The zero-order chi connectivity index (χ0) is 22.3. The second kappa shape index (κ2) is 7.96. The highest BCUT2D eigenvalue weighted by molar-refractivity contribution is 6.03. The Morgan fingerprint density at radius 2 is 1.75 bits per heavy atom. The molecule has 1 atom stereocenters. The number of imidazole rings is 1. The first kappa shape index (κ1) is 20.5. The third-order valence-corrected chi connectivity index (χ3v) is 6.13. The van der Waals surface area contributed by atoms with E-state index >= 15 is 0 Å². The molecule has 3 heterocycles. The van der Waals surface area contributed by atoms with E-state index in [1.807, 2.05) is 24.3 Å². The third kappa shape index (κ3) is 3.94. The summed E-state index contributed by atoms with van der Waals surface area (Å²) in [6.07, 6.45) is 1.42. The SMILES string of the molecule is O=C(NC1CCC(Nc2cccc3nc(C(F)(F)F)cn23)CC1)C1C=Nc2ccccc21. The predicted molar refractivity (Wildman–Crippen MR) is 115 cm³/mol. The van der Waals surface area contributed by atoms with Crippen LogP contribution in [0.4, 0.5) is 24.7 Å². The van der Waals surface area contributed by atoms with E-state index in [4.69, 9.17) is 0 Å². The number of fused-ring (bicyclic) bond motifs is 2. The van der Waals surface area contributed by atoms with Gasteiger partial charge in [0.15, 0.2) is 5.69 Å². The van der Waals surface area contributed by atoms with E-state index in [1.165, 1.54) is 4.40 Å². The van der Waals surface area contributed by atoms with Crippen LogP contribution < -0.4 is 10.6 Å². The molecule has 1 aromatic carbocycles. The largest absolute Gasteiger partial charge is 0.434 e. The second-order valence-corrected chi connectivity index (χ2v) is 8.28. The van der Waals surface area contributed by atoms with Crippen molar-refractivity contribution in [2.24, 2.45) is 4.99 Å². The van der Waals surface area contributed by atoms with E-state index in [1.54, 1.807) is 24.4 Å². The highest BCUT2D eigenvalue weighted by Crippen LogP contribution is 2.33. The molecule has 0 radical (unpaired) electrons. The molecule has 1 amide bonds. The van der Waals surface area contributed by atoms with Gasteiger partial charge in [0.1, 0.15) is 17.4 Å². The molecule has 1 fully saturated rings. The van der Waals surface area contributed by atoms with Crippen molar-refractivity contribution in [2.75, 3.05) is 5.32 Å². The van der Waals surface area contributed by atoms with E-state index < -0.39 is 11.9 Å². The molecule has 2 aliphatic rings. The van der Waals surface area contributed by atoms with Crippen LogP contribution in [0, 0.1) is 0 Å². The number of para-hydroxylation sites is 1. The van der Waals surface area contributed by atoms with Crippen molar-refractivity contribution in [3.8, 4) is 0 Å². The number of aromatic nitrogens is 2. The van der Waals surface area contributed by atoms with E-state index in [-0.39, 0.29) is 29.6 Å². The molecule has 6 nitrogen and oxygen atoms in total. The maximum atomic E-state index is 13.0. The first-order valence-corrected chi connectivity index (χ1v) is 10.6. The van der Waals surface area contributed by atoms with Gasteiger partial charge in [-0.05, 0) is 49.4 Å². The molecular formula is C23H22F3N5O. The summed E-state index contributed by atoms with van der Waals surface area (Å²) in [6.45, 7) is 0. The van der Waals surface area contributed by atoms with Crippen molar-refractivity contribution in [1.29, 1.82) is 0 Å². The van der Waals surface area contributed by atoms with Crippen molar-refractivity contribution in [1.82, 2.24) is 14.7 Å². The van der Waals surface area contributed by atoms with Crippen molar-refractivity contribution in [3.05, 3.63) is 59.9 Å². The summed E-state index contributed by atoms with van der Waals surface area (Å²) in [5.74, 6) is 0.179. The molecule has 3 aromatic rings. The molecule has 1 aliphatic heterocycles. The molecule has 1 aliphatic carbocycles. The lowest BCUT2D eigenvalue weighted by Gasteiger charge is -2.31. The van der Waals surface area contributed by atoms with Gasteiger partial charge in [-0.3, -0.25) is 14.2 Å². The molecule has 0 spiro atoms. The molecule has 5 rings (SSSR count). The van der Waals surface area contributed by atoms with E-state index in [9.17, 15) is 18.0 Å². The highest BCUT2D eigenvalue weighted by Gasteiger charge is 2.34. The molecule has 1 saturated carbocycles. The van der Waals surface area contributed by atoms with E-state index in [0.717, 1.165) is 43.1 Å². The fourth-order valence-electron chi connectivity index (χ4n) is 4.46. The van der Waals surface area contributed by atoms with Gasteiger partial charge in [-0.25, -0.2) is 4.98 Å². The van der Waals surface area contributed by atoms with Gasteiger partial charge in [0.05, 0.1) is 5.69 Å². The van der Waals surface area contributed by atoms with Crippen molar-refractivity contribution in [2.45, 2.75) is 49.9 Å². The monoisotopic (exact) mass is 441 g/mol. The third-order valence-electron chi connectivity index (χ3n) is 6.13. The van der Waals surface area contributed by atoms with Gasteiger partial charge in [-0.2, -0.15) is 13.2 Å². The van der Waals surface area contributed by atoms with Gasteiger partial charge in [0.2, 0.25) is 5.91 Å². The molecule has 0 bridgehead atoms. The fraction of sp³-hybridized carbons (Fsp3) is 0.348. The lowest BCUT2D eigenvalue weighted by atomic mass is 9.90. The quantitative estimate of drug-likeness (QED) is 0.617. The minimum absolute atomic E-state index is 0.0435. The number of carbonyl (C=O) groups is 1. The lowest BCUT2D eigenvalue weighted by Crippen LogP contribution is -2.42. The van der Waals surface area contributed by atoms with Crippen molar-refractivity contribution >= 4 is 29.3 Å². The first-order chi connectivity index (χ1) is 15.4. The van der Waals surface area contributed by atoms with E-state index in [0.29, 0.717) is 5.82 Å². The maximum Gasteiger partial charge on any atom is 0.434 e. The molecule has 166 valence electrons. The topological polar surface area (TPSA) is 70.8 Å². The number of hydrogen-bond donors (Lipinski definition) is 2. The fourth-order valence-corrected chi connectivity index (χ4v) is 4.46. The number of benzene rings is 1. The van der Waals surface area contributed by atoms with Gasteiger partial charge in [-0.15, -0.1) is 0 Å². The number of halogens is 3. The van der Waals surface area contributed by atoms with Gasteiger partial charge in [0, 0.05) is 24.5 Å². The average molecular weight is 441 g/mol. The van der Waals surface area contributed by atoms with E-state index in [2.05, 4.69) is 20.6 Å².